The van der Waals surface area contributed by atoms with Gasteiger partial charge in [-0.25, -0.2) is 4.98 Å². The predicted octanol–water partition coefficient (Wildman–Crippen LogP) is 2.77. The molecule has 0 amide bonds. The van der Waals surface area contributed by atoms with Crippen LogP contribution in [0.15, 0.2) is 24.4 Å². The standard InChI is InChI=1S/C13H13ClN2O3/c1-7-4-9(6-16-13(7)14)15-5-8-2-3-10(17)12(19)11(8)18/h2-4,6,15,17-19H,5H2,1H3. The lowest BCUT2D eigenvalue weighted by molar-refractivity contribution is 0.365. The first-order valence-corrected chi connectivity index (χ1v) is 5.95. The fraction of sp³-hybridized carbons (Fsp3) is 0.154. The molecule has 2 rings (SSSR count). The Bertz CT molecular complexity index is 617. The summed E-state index contributed by atoms with van der Waals surface area (Å²) in [6.07, 6.45) is 1.58. The van der Waals surface area contributed by atoms with E-state index in [1.807, 2.05) is 13.0 Å². The number of benzene rings is 1. The molecule has 0 saturated heterocycles. The van der Waals surface area contributed by atoms with Crippen molar-refractivity contribution in [3.63, 3.8) is 0 Å². The van der Waals surface area contributed by atoms with Crippen LogP contribution in [0.4, 0.5) is 5.69 Å². The summed E-state index contributed by atoms with van der Waals surface area (Å²) >= 11 is 5.82. The Kier molecular flexibility index (Phi) is 3.66. The molecule has 0 spiro atoms. The largest absolute Gasteiger partial charge is 0.504 e. The zero-order valence-corrected chi connectivity index (χ0v) is 10.9. The van der Waals surface area contributed by atoms with E-state index in [4.69, 9.17) is 11.6 Å². The third kappa shape index (κ3) is 2.82. The Morgan fingerprint density at radius 1 is 1.21 bits per heavy atom. The van der Waals surface area contributed by atoms with E-state index in [-0.39, 0.29) is 18.0 Å². The Morgan fingerprint density at radius 3 is 2.63 bits per heavy atom. The second-order valence-corrected chi connectivity index (χ2v) is 4.48. The van der Waals surface area contributed by atoms with E-state index in [0.717, 1.165) is 11.3 Å². The second-order valence-electron chi connectivity index (χ2n) is 4.13. The van der Waals surface area contributed by atoms with Crippen LogP contribution in [0, 0.1) is 6.92 Å². The van der Waals surface area contributed by atoms with Crippen molar-refractivity contribution in [3.05, 3.63) is 40.7 Å². The first-order valence-electron chi connectivity index (χ1n) is 5.58. The lowest BCUT2D eigenvalue weighted by atomic mass is 10.1. The minimum Gasteiger partial charge on any atom is -0.504 e. The highest BCUT2D eigenvalue weighted by Crippen LogP contribution is 2.37. The number of nitrogens with zero attached hydrogens (tertiary/aromatic N) is 1. The maximum Gasteiger partial charge on any atom is 0.200 e. The van der Waals surface area contributed by atoms with E-state index in [1.165, 1.54) is 12.1 Å². The lowest BCUT2D eigenvalue weighted by Gasteiger charge is -2.10. The normalized spacial score (nSPS) is 10.4. The summed E-state index contributed by atoms with van der Waals surface area (Å²) in [7, 11) is 0. The third-order valence-corrected chi connectivity index (χ3v) is 3.11. The van der Waals surface area contributed by atoms with Gasteiger partial charge in [0.05, 0.1) is 11.9 Å². The van der Waals surface area contributed by atoms with E-state index < -0.39 is 5.75 Å². The van der Waals surface area contributed by atoms with E-state index in [1.54, 1.807) is 6.20 Å². The number of phenols is 3. The van der Waals surface area contributed by atoms with Gasteiger partial charge in [-0.1, -0.05) is 11.6 Å². The maximum atomic E-state index is 9.67. The number of aromatic nitrogens is 1. The van der Waals surface area contributed by atoms with Crippen LogP contribution in [0.2, 0.25) is 5.15 Å². The van der Waals surface area contributed by atoms with Crippen LogP contribution in [0.1, 0.15) is 11.1 Å². The minimum absolute atomic E-state index is 0.280. The van der Waals surface area contributed by atoms with Gasteiger partial charge >= 0.3 is 0 Å². The molecule has 4 N–H and O–H groups in total. The Labute approximate surface area is 115 Å². The SMILES string of the molecule is Cc1cc(NCc2ccc(O)c(O)c2O)cnc1Cl. The number of pyridine rings is 1. The predicted molar refractivity (Wildman–Crippen MR) is 72.7 cm³/mol. The van der Waals surface area contributed by atoms with E-state index >= 15 is 0 Å². The first kappa shape index (κ1) is 13.3. The number of aromatic hydroxyl groups is 3. The van der Waals surface area contributed by atoms with Gasteiger partial charge in [0.25, 0.3) is 0 Å². The highest BCUT2D eigenvalue weighted by Gasteiger charge is 2.10. The Balaban J connectivity index is 2.14. The molecule has 0 bridgehead atoms. The van der Waals surface area contributed by atoms with Gasteiger partial charge in [-0.15, -0.1) is 0 Å². The molecule has 19 heavy (non-hydrogen) atoms. The van der Waals surface area contributed by atoms with Gasteiger partial charge in [0, 0.05) is 12.1 Å². The van der Waals surface area contributed by atoms with Crippen LogP contribution in [0.5, 0.6) is 17.2 Å². The molecule has 100 valence electrons. The molecule has 0 radical (unpaired) electrons. The van der Waals surface area contributed by atoms with Gasteiger partial charge in [0.1, 0.15) is 5.15 Å². The van der Waals surface area contributed by atoms with Crippen molar-refractivity contribution < 1.29 is 15.3 Å². The number of nitrogens with one attached hydrogen (secondary N) is 1. The van der Waals surface area contributed by atoms with Crippen LogP contribution >= 0.6 is 11.6 Å². The van der Waals surface area contributed by atoms with Gasteiger partial charge in [0.2, 0.25) is 5.75 Å². The smallest absolute Gasteiger partial charge is 0.200 e. The number of aryl methyl sites for hydroxylation is 1. The third-order valence-electron chi connectivity index (χ3n) is 2.71. The molecular weight excluding hydrogens is 268 g/mol. The topological polar surface area (TPSA) is 85.6 Å². The van der Waals surface area contributed by atoms with E-state index in [0.29, 0.717) is 10.7 Å². The fourth-order valence-corrected chi connectivity index (χ4v) is 1.71. The molecule has 6 heteroatoms. The molecule has 1 aromatic heterocycles. The van der Waals surface area contributed by atoms with Gasteiger partial charge in [0.15, 0.2) is 11.5 Å². The minimum atomic E-state index is -0.523. The van der Waals surface area contributed by atoms with Crippen molar-refractivity contribution in [2.45, 2.75) is 13.5 Å². The van der Waals surface area contributed by atoms with Crippen molar-refractivity contribution in [1.82, 2.24) is 4.98 Å². The molecule has 0 aliphatic heterocycles. The number of rotatable bonds is 3. The molecule has 0 fully saturated rings. The number of hydrogen-bond donors (Lipinski definition) is 4. The Hall–Kier alpha value is -2.14. The zero-order chi connectivity index (χ0) is 14.0. The number of hydrogen-bond acceptors (Lipinski definition) is 5. The van der Waals surface area contributed by atoms with Crippen LogP contribution in [-0.2, 0) is 6.54 Å². The van der Waals surface area contributed by atoms with Crippen molar-refractivity contribution in [2.75, 3.05) is 5.32 Å². The van der Waals surface area contributed by atoms with Crippen LogP contribution in [-0.4, -0.2) is 20.3 Å². The Morgan fingerprint density at radius 2 is 1.95 bits per heavy atom. The summed E-state index contributed by atoms with van der Waals surface area (Å²) in [5.74, 6) is -1.22. The molecule has 0 atom stereocenters. The fourth-order valence-electron chi connectivity index (χ4n) is 1.61. The molecule has 1 heterocycles. The zero-order valence-electron chi connectivity index (χ0n) is 10.2. The molecule has 0 aliphatic rings. The average molecular weight is 281 g/mol. The van der Waals surface area contributed by atoms with Crippen molar-refractivity contribution in [2.24, 2.45) is 0 Å². The first-order chi connectivity index (χ1) is 8.99. The van der Waals surface area contributed by atoms with Crippen LogP contribution in [0.25, 0.3) is 0 Å². The molecule has 2 aromatic rings. The average Bonchev–Trinajstić information content (AvgIpc) is 2.39. The lowest BCUT2D eigenvalue weighted by Crippen LogP contribution is -2.00. The molecular formula is C13H13ClN2O3. The quantitative estimate of drug-likeness (QED) is 0.513. The van der Waals surface area contributed by atoms with Gasteiger partial charge in [-0.3, -0.25) is 0 Å². The van der Waals surface area contributed by atoms with E-state index in [9.17, 15) is 15.3 Å². The van der Waals surface area contributed by atoms with Crippen LogP contribution < -0.4 is 5.32 Å². The maximum absolute atomic E-state index is 9.67. The van der Waals surface area contributed by atoms with Crippen LogP contribution in [0.3, 0.4) is 0 Å². The summed E-state index contributed by atoms with van der Waals surface area (Å²) in [5.41, 5.74) is 2.04. The number of anilines is 1. The molecule has 5 nitrogen and oxygen atoms in total. The monoisotopic (exact) mass is 280 g/mol. The molecule has 0 unspecified atom stereocenters. The molecule has 0 saturated carbocycles. The van der Waals surface area contributed by atoms with Crippen molar-refractivity contribution >= 4 is 17.3 Å². The second kappa shape index (κ2) is 5.24. The highest BCUT2D eigenvalue weighted by molar-refractivity contribution is 6.30. The summed E-state index contributed by atoms with van der Waals surface area (Å²) in [6, 6.07) is 4.66. The molecule has 1 aromatic carbocycles. The summed E-state index contributed by atoms with van der Waals surface area (Å²) in [4.78, 5) is 4.00. The summed E-state index contributed by atoms with van der Waals surface area (Å²) in [5, 5.41) is 31.8. The molecule has 0 aliphatic carbocycles. The van der Waals surface area contributed by atoms with Gasteiger partial charge < -0.3 is 20.6 Å². The van der Waals surface area contributed by atoms with Crippen molar-refractivity contribution in [1.29, 1.82) is 0 Å². The number of phenolic OH excluding ortho intramolecular Hbond substituents is 3. The van der Waals surface area contributed by atoms with Crippen molar-refractivity contribution in [3.8, 4) is 17.2 Å². The number of halogens is 1. The van der Waals surface area contributed by atoms with E-state index in [2.05, 4.69) is 10.3 Å². The van der Waals surface area contributed by atoms with Gasteiger partial charge in [-0.2, -0.15) is 0 Å². The van der Waals surface area contributed by atoms with Gasteiger partial charge in [-0.05, 0) is 30.7 Å². The summed E-state index contributed by atoms with van der Waals surface area (Å²) in [6.45, 7) is 2.12. The highest BCUT2D eigenvalue weighted by atomic mass is 35.5. The summed E-state index contributed by atoms with van der Waals surface area (Å²) < 4.78 is 0.